The predicted molar refractivity (Wildman–Crippen MR) is 123 cm³/mol. The van der Waals surface area contributed by atoms with Crippen LogP contribution in [0.15, 0.2) is 66.7 Å². The summed E-state index contributed by atoms with van der Waals surface area (Å²) in [5, 5.41) is 9.75. The molecule has 0 aliphatic carbocycles. The first-order valence-corrected chi connectivity index (χ1v) is 10.9. The summed E-state index contributed by atoms with van der Waals surface area (Å²) in [5.41, 5.74) is 4.03. The number of methoxy groups -OCH3 is 1. The maximum Gasteiger partial charge on any atom is 0.199 e. The molecule has 5 nitrogen and oxygen atoms in total. The van der Waals surface area contributed by atoms with Crippen LogP contribution < -0.4 is 14.2 Å². The number of rotatable bonds is 5. The molecule has 0 bridgehead atoms. The lowest BCUT2D eigenvalue weighted by atomic mass is 9.91. The molecule has 2 atom stereocenters. The standard InChI is InChI=1S/C27H26O5/c1-29-22-12-7-18(8-13-22)24-16-20-9-14-23(31-26-4-2-3-15-30-26)17-25(20)32-27(24)19-5-10-21(28)11-6-19/h5-14,16-17,26-28H,2-4,15H2,1H3. The third-order valence-corrected chi connectivity index (χ3v) is 5.85. The van der Waals surface area contributed by atoms with Crippen LogP contribution in [0.4, 0.5) is 0 Å². The second-order valence-electron chi connectivity index (χ2n) is 8.03. The third kappa shape index (κ3) is 4.30. The summed E-state index contributed by atoms with van der Waals surface area (Å²) in [4.78, 5) is 0. The van der Waals surface area contributed by atoms with E-state index in [0.717, 1.165) is 65.4 Å². The lowest BCUT2D eigenvalue weighted by Crippen LogP contribution is -2.25. The minimum absolute atomic E-state index is 0.205. The number of aromatic hydroxyl groups is 1. The van der Waals surface area contributed by atoms with E-state index in [2.05, 4.69) is 6.08 Å². The smallest absolute Gasteiger partial charge is 0.199 e. The highest BCUT2D eigenvalue weighted by Crippen LogP contribution is 2.44. The normalized spacial score (nSPS) is 20.0. The molecule has 0 aromatic heterocycles. The van der Waals surface area contributed by atoms with Crippen molar-refractivity contribution >= 4 is 11.6 Å². The number of fused-ring (bicyclic) bond motifs is 1. The molecule has 2 aliphatic heterocycles. The Balaban J connectivity index is 1.50. The van der Waals surface area contributed by atoms with Crippen LogP contribution in [0.25, 0.3) is 11.6 Å². The Morgan fingerprint density at radius 2 is 1.69 bits per heavy atom. The van der Waals surface area contributed by atoms with E-state index in [0.29, 0.717) is 0 Å². The van der Waals surface area contributed by atoms with Crippen LogP contribution in [0.5, 0.6) is 23.0 Å². The fourth-order valence-electron chi connectivity index (χ4n) is 4.11. The summed E-state index contributed by atoms with van der Waals surface area (Å²) in [5.74, 6) is 2.53. The number of ether oxygens (including phenoxy) is 4. The minimum atomic E-state index is -0.322. The topological polar surface area (TPSA) is 57.2 Å². The van der Waals surface area contributed by atoms with Gasteiger partial charge < -0.3 is 24.1 Å². The molecule has 5 rings (SSSR count). The first-order chi connectivity index (χ1) is 15.7. The molecule has 0 amide bonds. The van der Waals surface area contributed by atoms with Gasteiger partial charge in [0, 0.05) is 23.6 Å². The van der Waals surface area contributed by atoms with Gasteiger partial charge in [-0.05, 0) is 66.4 Å². The van der Waals surface area contributed by atoms with Gasteiger partial charge in [-0.3, -0.25) is 0 Å². The molecule has 2 aliphatic rings. The SMILES string of the molecule is COc1ccc(C2=Cc3ccc(OC4CCCCO4)cc3OC2c2ccc(O)cc2)cc1. The van der Waals surface area contributed by atoms with Gasteiger partial charge in [0.2, 0.25) is 0 Å². The highest BCUT2D eigenvalue weighted by atomic mass is 16.7. The van der Waals surface area contributed by atoms with E-state index < -0.39 is 0 Å². The van der Waals surface area contributed by atoms with Crippen LogP contribution in [0.2, 0.25) is 0 Å². The van der Waals surface area contributed by atoms with Crippen molar-refractivity contribution in [2.24, 2.45) is 0 Å². The van der Waals surface area contributed by atoms with Gasteiger partial charge in [-0.1, -0.05) is 24.3 Å². The zero-order valence-electron chi connectivity index (χ0n) is 18.0. The molecule has 2 heterocycles. The predicted octanol–water partition coefficient (Wildman–Crippen LogP) is 5.98. The molecule has 5 heteroatoms. The number of hydrogen-bond acceptors (Lipinski definition) is 5. The van der Waals surface area contributed by atoms with Crippen molar-refractivity contribution in [1.82, 2.24) is 0 Å². The van der Waals surface area contributed by atoms with Gasteiger partial charge in [-0.15, -0.1) is 0 Å². The first kappa shape index (κ1) is 20.5. The van der Waals surface area contributed by atoms with Crippen molar-refractivity contribution in [3.05, 3.63) is 83.4 Å². The van der Waals surface area contributed by atoms with Crippen LogP contribution in [-0.2, 0) is 4.74 Å². The van der Waals surface area contributed by atoms with E-state index in [-0.39, 0.29) is 18.1 Å². The molecule has 1 fully saturated rings. The van der Waals surface area contributed by atoms with E-state index in [4.69, 9.17) is 18.9 Å². The van der Waals surface area contributed by atoms with Crippen molar-refractivity contribution in [3.8, 4) is 23.0 Å². The highest BCUT2D eigenvalue weighted by molar-refractivity contribution is 5.88. The Bertz CT molecular complexity index is 1100. The van der Waals surface area contributed by atoms with Crippen molar-refractivity contribution in [3.63, 3.8) is 0 Å². The molecule has 0 saturated carbocycles. The van der Waals surface area contributed by atoms with Crippen molar-refractivity contribution < 1.29 is 24.1 Å². The molecule has 1 N–H and O–H groups in total. The zero-order chi connectivity index (χ0) is 21.9. The summed E-state index contributed by atoms with van der Waals surface area (Å²) >= 11 is 0. The molecule has 32 heavy (non-hydrogen) atoms. The molecule has 0 radical (unpaired) electrons. The van der Waals surface area contributed by atoms with Crippen LogP contribution in [-0.4, -0.2) is 25.1 Å². The monoisotopic (exact) mass is 430 g/mol. The maximum atomic E-state index is 9.75. The van der Waals surface area contributed by atoms with Gasteiger partial charge in [0.1, 0.15) is 29.1 Å². The fourth-order valence-corrected chi connectivity index (χ4v) is 4.11. The van der Waals surface area contributed by atoms with Crippen LogP contribution >= 0.6 is 0 Å². The second kappa shape index (κ2) is 8.97. The lowest BCUT2D eigenvalue weighted by Gasteiger charge is -2.29. The van der Waals surface area contributed by atoms with Crippen LogP contribution in [0.3, 0.4) is 0 Å². The highest BCUT2D eigenvalue weighted by Gasteiger charge is 2.26. The first-order valence-electron chi connectivity index (χ1n) is 10.9. The molecule has 1 saturated heterocycles. The van der Waals surface area contributed by atoms with Crippen molar-refractivity contribution in [2.45, 2.75) is 31.7 Å². The molecule has 164 valence electrons. The van der Waals surface area contributed by atoms with E-state index in [1.54, 1.807) is 19.2 Å². The lowest BCUT2D eigenvalue weighted by molar-refractivity contribution is -0.105. The molecule has 3 aromatic rings. The van der Waals surface area contributed by atoms with Crippen molar-refractivity contribution in [2.75, 3.05) is 13.7 Å². The average Bonchev–Trinajstić information content (AvgIpc) is 2.84. The van der Waals surface area contributed by atoms with Gasteiger partial charge in [0.25, 0.3) is 0 Å². The van der Waals surface area contributed by atoms with Crippen LogP contribution in [0, 0.1) is 0 Å². The molecule has 2 unspecified atom stereocenters. The Morgan fingerprint density at radius 3 is 2.41 bits per heavy atom. The van der Waals surface area contributed by atoms with Crippen LogP contribution in [0.1, 0.15) is 42.1 Å². The Morgan fingerprint density at radius 1 is 0.906 bits per heavy atom. The largest absolute Gasteiger partial charge is 0.508 e. The maximum absolute atomic E-state index is 9.75. The number of hydrogen-bond donors (Lipinski definition) is 1. The van der Waals surface area contributed by atoms with Gasteiger partial charge in [0.05, 0.1) is 13.7 Å². The summed E-state index contributed by atoms with van der Waals surface area (Å²) < 4.78 is 23.6. The van der Waals surface area contributed by atoms with Gasteiger partial charge in [-0.2, -0.15) is 0 Å². The van der Waals surface area contributed by atoms with E-state index in [9.17, 15) is 5.11 Å². The Kier molecular flexibility index (Phi) is 5.73. The summed E-state index contributed by atoms with van der Waals surface area (Å²) in [6.07, 6.45) is 4.72. The molecular weight excluding hydrogens is 404 g/mol. The number of phenolic OH excluding ortho intramolecular Hbond substituents is 1. The molecule has 0 spiro atoms. The molecular formula is C27H26O5. The fraction of sp³-hybridized carbons (Fsp3) is 0.259. The summed E-state index contributed by atoms with van der Waals surface area (Å²) in [6.45, 7) is 0.739. The zero-order valence-corrected chi connectivity index (χ0v) is 18.0. The number of phenols is 1. The summed E-state index contributed by atoms with van der Waals surface area (Å²) in [6, 6.07) is 21.0. The van der Waals surface area contributed by atoms with Gasteiger partial charge in [-0.25, -0.2) is 0 Å². The van der Waals surface area contributed by atoms with E-state index in [1.807, 2.05) is 54.6 Å². The Labute approximate surface area is 187 Å². The van der Waals surface area contributed by atoms with E-state index in [1.165, 1.54) is 0 Å². The minimum Gasteiger partial charge on any atom is -0.508 e. The summed E-state index contributed by atoms with van der Waals surface area (Å²) in [7, 11) is 1.66. The quantitative estimate of drug-likeness (QED) is 0.540. The van der Waals surface area contributed by atoms with Gasteiger partial charge >= 0.3 is 0 Å². The average molecular weight is 431 g/mol. The molecule has 3 aromatic carbocycles. The van der Waals surface area contributed by atoms with Gasteiger partial charge in [0.15, 0.2) is 6.29 Å². The van der Waals surface area contributed by atoms with E-state index >= 15 is 0 Å². The Hall–Kier alpha value is -3.44. The number of benzene rings is 3. The third-order valence-electron chi connectivity index (χ3n) is 5.85. The van der Waals surface area contributed by atoms with Crippen molar-refractivity contribution in [1.29, 1.82) is 0 Å². The second-order valence-corrected chi connectivity index (χ2v) is 8.03.